The van der Waals surface area contributed by atoms with E-state index in [1.165, 1.54) is 0 Å². The number of hydrogen-bond acceptors (Lipinski definition) is 4. The second-order valence-electron chi connectivity index (χ2n) is 6.38. The van der Waals surface area contributed by atoms with Gasteiger partial charge in [0.05, 0.1) is 12.6 Å². The fourth-order valence-corrected chi connectivity index (χ4v) is 2.33. The van der Waals surface area contributed by atoms with Gasteiger partial charge >= 0.3 is 0 Å². The number of carbonyl (C=O) groups excluding carboxylic acids is 1. The summed E-state index contributed by atoms with van der Waals surface area (Å²) in [4.78, 5) is 13.9. The smallest absolute Gasteiger partial charge is 0.234 e. The third-order valence-electron chi connectivity index (χ3n) is 4.15. The Morgan fingerprint density at radius 2 is 2.13 bits per heavy atom. The van der Waals surface area contributed by atoms with Crippen molar-refractivity contribution in [3.05, 3.63) is 29.8 Å². The zero-order valence-corrected chi connectivity index (χ0v) is 14.4. The first-order valence-corrected chi connectivity index (χ1v) is 8.35. The van der Waals surface area contributed by atoms with Crippen molar-refractivity contribution >= 4 is 5.91 Å². The monoisotopic (exact) mass is 320 g/mol. The Hall–Kier alpha value is -1.59. The Morgan fingerprint density at radius 3 is 2.74 bits per heavy atom. The number of amides is 1. The van der Waals surface area contributed by atoms with Gasteiger partial charge in [0.2, 0.25) is 5.91 Å². The second kappa shape index (κ2) is 8.89. The number of rotatable bonds is 8. The lowest BCUT2D eigenvalue weighted by Gasteiger charge is -2.20. The van der Waals surface area contributed by atoms with Crippen LogP contribution in [-0.2, 0) is 16.1 Å². The fourth-order valence-electron chi connectivity index (χ4n) is 2.33. The van der Waals surface area contributed by atoms with Crippen LogP contribution in [0.2, 0.25) is 0 Å². The molecule has 1 fully saturated rings. The normalized spacial score (nSPS) is 17.7. The molecule has 23 heavy (non-hydrogen) atoms. The Labute approximate surface area is 139 Å². The second-order valence-corrected chi connectivity index (χ2v) is 6.38. The molecule has 1 heterocycles. The van der Waals surface area contributed by atoms with Gasteiger partial charge < -0.3 is 14.8 Å². The maximum Gasteiger partial charge on any atom is 0.234 e. The van der Waals surface area contributed by atoms with E-state index in [0.29, 0.717) is 25.7 Å². The van der Waals surface area contributed by atoms with Gasteiger partial charge in [0.25, 0.3) is 0 Å². The average molecular weight is 320 g/mol. The summed E-state index contributed by atoms with van der Waals surface area (Å²) in [7, 11) is 1.95. The van der Waals surface area contributed by atoms with Gasteiger partial charge in [0, 0.05) is 19.2 Å². The molecule has 1 saturated heterocycles. The first-order valence-electron chi connectivity index (χ1n) is 8.35. The highest BCUT2D eigenvalue weighted by Gasteiger charge is 2.15. The summed E-state index contributed by atoms with van der Waals surface area (Å²) in [6.45, 7) is 6.55. The van der Waals surface area contributed by atoms with Crippen molar-refractivity contribution in [2.24, 2.45) is 0 Å². The molecule has 1 aromatic carbocycles. The van der Waals surface area contributed by atoms with Gasteiger partial charge in [0.15, 0.2) is 0 Å². The molecule has 128 valence electrons. The third kappa shape index (κ3) is 6.20. The van der Waals surface area contributed by atoms with Gasteiger partial charge in [-0.1, -0.05) is 12.1 Å². The molecule has 1 unspecified atom stereocenters. The van der Waals surface area contributed by atoms with Crippen molar-refractivity contribution in [1.29, 1.82) is 0 Å². The molecule has 0 spiro atoms. The summed E-state index contributed by atoms with van der Waals surface area (Å²) in [6.07, 6.45) is 2.43. The molecule has 0 aliphatic carbocycles. The van der Waals surface area contributed by atoms with E-state index in [9.17, 15) is 4.79 Å². The minimum absolute atomic E-state index is 0.0416. The summed E-state index contributed by atoms with van der Waals surface area (Å²) in [5.41, 5.74) is 1.06. The topological polar surface area (TPSA) is 50.8 Å². The van der Waals surface area contributed by atoms with Gasteiger partial charge in [-0.3, -0.25) is 9.69 Å². The number of nitrogens with zero attached hydrogens (tertiary/aromatic N) is 1. The number of ether oxygens (including phenoxy) is 2. The van der Waals surface area contributed by atoms with Crippen LogP contribution in [0, 0.1) is 0 Å². The molecule has 0 aromatic heterocycles. The quantitative estimate of drug-likeness (QED) is 0.798. The van der Waals surface area contributed by atoms with E-state index in [2.05, 4.69) is 19.2 Å². The molecule has 1 aromatic rings. The van der Waals surface area contributed by atoms with Crippen LogP contribution in [0.3, 0.4) is 0 Å². The minimum Gasteiger partial charge on any atom is -0.491 e. The minimum atomic E-state index is 0.0416. The van der Waals surface area contributed by atoms with Crippen LogP contribution in [0.25, 0.3) is 0 Å². The summed E-state index contributed by atoms with van der Waals surface area (Å²) >= 11 is 0. The molecular formula is C18H28N2O3. The number of likely N-dealkylation sites (N-methyl/N-ethyl adjacent to an activating group) is 1. The highest BCUT2D eigenvalue weighted by atomic mass is 16.5. The van der Waals surface area contributed by atoms with Crippen molar-refractivity contribution < 1.29 is 14.3 Å². The number of nitrogens with one attached hydrogen (secondary N) is 1. The molecule has 0 bridgehead atoms. The van der Waals surface area contributed by atoms with Gasteiger partial charge in [-0.25, -0.2) is 0 Å². The molecule has 5 nitrogen and oxygen atoms in total. The largest absolute Gasteiger partial charge is 0.491 e. The van der Waals surface area contributed by atoms with E-state index >= 15 is 0 Å². The van der Waals surface area contributed by atoms with Crippen LogP contribution < -0.4 is 10.1 Å². The van der Waals surface area contributed by atoms with E-state index in [1.54, 1.807) is 0 Å². The summed E-state index contributed by atoms with van der Waals surface area (Å²) in [5, 5.41) is 2.94. The van der Waals surface area contributed by atoms with Crippen LogP contribution in [0.1, 0.15) is 32.3 Å². The van der Waals surface area contributed by atoms with Crippen LogP contribution in [-0.4, -0.2) is 49.8 Å². The molecule has 1 aliphatic rings. The highest BCUT2D eigenvalue weighted by molar-refractivity contribution is 5.78. The van der Waals surface area contributed by atoms with Gasteiger partial charge in [0.1, 0.15) is 12.4 Å². The van der Waals surface area contributed by atoms with E-state index < -0.39 is 0 Å². The molecule has 1 atom stereocenters. The number of carbonyl (C=O) groups is 1. The predicted octanol–water partition coefficient (Wildman–Crippen LogP) is 2.20. The van der Waals surface area contributed by atoms with Crippen molar-refractivity contribution in [3.63, 3.8) is 0 Å². The number of benzene rings is 1. The SMILES string of the molecule is CC(C)N(C)CC(=O)NCc1ccc(OCC2CCCO2)cc1. The van der Waals surface area contributed by atoms with Gasteiger partial charge in [-0.05, 0) is 51.4 Å². The van der Waals surface area contributed by atoms with Crippen LogP contribution in [0.5, 0.6) is 5.75 Å². The van der Waals surface area contributed by atoms with Crippen LogP contribution >= 0.6 is 0 Å². The Kier molecular flexibility index (Phi) is 6.86. The van der Waals surface area contributed by atoms with Crippen molar-refractivity contribution in [3.8, 4) is 5.75 Å². The zero-order chi connectivity index (χ0) is 16.7. The molecular weight excluding hydrogens is 292 g/mol. The summed E-state index contributed by atoms with van der Waals surface area (Å²) in [6, 6.07) is 8.21. The molecule has 2 rings (SSSR count). The Bertz CT molecular complexity index is 482. The lowest BCUT2D eigenvalue weighted by molar-refractivity contribution is -0.122. The molecule has 0 saturated carbocycles. The van der Waals surface area contributed by atoms with Crippen molar-refractivity contribution in [2.75, 3.05) is 26.8 Å². The van der Waals surface area contributed by atoms with Crippen molar-refractivity contribution in [1.82, 2.24) is 10.2 Å². The summed E-state index contributed by atoms with van der Waals surface area (Å²) in [5.74, 6) is 0.884. The predicted molar refractivity (Wildman–Crippen MR) is 90.5 cm³/mol. The maximum absolute atomic E-state index is 11.9. The Morgan fingerprint density at radius 1 is 1.39 bits per heavy atom. The lowest BCUT2D eigenvalue weighted by atomic mass is 10.2. The number of hydrogen-bond donors (Lipinski definition) is 1. The van der Waals surface area contributed by atoms with E-state index in [4.69, 9.17) is 9.47 Å². The van der Waals surface area contributed by atoms with Gasteiger partial charge in [-0.15, -0.1) is 0 Å². The summed E-state index contributed by atoms with van der Waals surface area (Å²) < 4.78 is 11.3. The van der Waals surface area contributed by atoms with E-state index in [1.807, 2.05) is 36.2 Å². The Balaban J connectivity index is 1.70. The lowest BCUT2D eigenvalue weighted by Crippen LogP contribution is -2.38. The fraction of sp³-hybridized carbons (Fsp3) is 0.611. The molecule has 0 radical (unpaired) electrons. The molecule has 1 aliphatic heterocycles. The molecule has 1 N–H and O–H groups in total. The van der Waals surface area contributed by atoms with Crippen LogP contribution in [0.15, 0.2) is 24.3 Å². The van der Waals surface area contributed by atoms with Gasteiger partial charge in [-0.2, -0.15) is 0 Å². The van der Waals surface area contributed by atoms with Crippen molar-refractivity contribution in [2.45, 2.75) is 45.4 Å². The van der Waals surface area contributed by atoms with E-state index in [-0.39, 0.29) is 12.0 Å². The molecule has 5 heteroatoms. The first-order chi connectivity index (χ1) is 11.0. The third-order valence-corrected chi connectivity index (χ3v) is 4.15. The zero-order valence-electron chi connectivity index (χ0n) is 14.4. The first kappa shape index (κ1) is 17.8. The average Bonchev–Trinajstić information content (AvgIpc) is 3.05. The standard InChI is InChI=1S/C18H28N2O3/c1-14(2)20(3)12-18(21)19-11-15-6-8-16(9-7-15)23-13-17-5-4-10-22-17/h6-9,14,17H,4-5,10-13H2,1-3H3,(H,19,21). The highest BCUT2D eigenvalue weighted by Crippen LogP contribution is 2.16. The molecule has 1 amide bonds. The maximum atomic E-state index is 11.9. The van der Waals surface area contributed by atoms with E-state index in [0.717, 1.165) is 30.8 Å². The van der Waals surface area contributed by atoms with Crippen LogP contribution in [0.4, 0.5) is 0 Å².